The summed E-state index contributed by atoms with van der Waals surface area (Å²) >= 11 is 7.21. The lowest BCUT2D eigenvalue weighted by Gasteiger charge is -2.15. The van der Waals surface area contributed by atoms with Crippen molar-refractivity contribution in [3.05, 3.63) is 45.1 Å². The smallest absolute Gasteiger partial charge is 0.243 e. The third-order valence-corrected chi connectivity index (χ3v) is 6.04. The maximum Gasteiger partial charge on any atom is 0.243 e. The van der Waals surface area contributed by atoms with Crippen molar-refractivity contribution < 1.29 is 8.42 Å². The summed E-state index contributed by atoms with van der Waals surface area (Å²) in [5.41, 5.74) is 6.65. The summed E-state index contributed by atoms with van der Waals surface area (Å²) in [6.45, 7) is 3.49. The van der Waals surface area contributed by atoms with Crippen LogP contribution in [0.5, 0.6) is 0 Å². The average Bonchev–Trinajstić information content (AvgIpc) is 2.74. The number of hydrogen-bond acceptors (Lipinski definition) is 4. The molecule has 1 unspecified atom stereocenters. The SMILES string of the molecule is Cc1cccc(N)c1S(=O)(=O)NC(C)c1ccc(Cl)s1. The summed E-state index contributed by atoms with van der Waals surface area (Å²) in [5, 5.41) is 0. The van der Waals surface area contributed by atoms with E-state index in [1.165, 1.54) is 11.3 Å². The van der Waals surface area contributed by atoms with E-state index in [1.807, 2.05) is 0 Å². The Balaban J connectivity index is 2.32. The van der Waals surface area contributed by atoms with Crippen molar-refractivity contribution >= 4 is 38.6 Å². The molecule has 0 fully saturated rings. The summed E-state index contributed by atoms with van der Waals surface area (Å²) in [5.74, 6) is 0. The lowest BCUT2D eigenvalue weighted by molar-refractivity contribution is 0.568. The first-order chi connectivity index (χ1) is 9.31. The first kappa shape index (κ1) is 15.3. The zero-order valence-electron chi connectivity index (χ0n) is 11.1. The number of benzene rings is 1. The summed E-state index contributed by atoms with van der Waals surface area (Å²) in [6, 6.07) is 8.21. The van der Waals surface area contributed by atoms with E-state index in [4.69, 9.17) is 17.3 Å². The minimum absolute atomic E-state index is 0.134. The molecule has 0 aliphatic rings. The van der Waals surface area contributed by atoms with Gasteiger partial charge in [0.2, 0.25) is 10.0 Å². The van der Waals surface area contributed by atoms with Crippen LogP contribution in [0.2, 0.25) is 4.34 Å². The van der Waals surface area contributed by atoms with E-state index >= 15 is 0 Å². The summed E-state index contributed by atoms with van der Waals surface area (Å²) in [6.07, 6.45) is 0. The largest absolute Gasteiger partial charge is 0.398 e. The molecule has 2 aromatic rings. The van der Waals surface area contributed by atoms with Crippen LogP contribution >= 0.6 is 22.9 Å². The molecule has 0 saturated carbocycles. The van der Waals surface area contributed by atoms with Crippen molar-refractivity contribution in [1.29, 1.82) is 0 Å². The third kappa shape index (κ3) is 3.15. The molecule has 0 aliphatic carbocycles. The number of thiophene rings is 1. The van der Waals surface area contributed by atoms with Crippen molar-refractivity contribution in [2.24, 2.45) is 0 Å². The molecule has 1 heterocycles. The summed E-state index contributed by atoms with van der Waals surface area (Å²) in [4.78, 5) is 0.986. The van der Waals surface area contributed by atoms with Crippen LogP contribution in [0.4, 0.5) is 5.69 Å². The Bertz CT molecular complexity index is 705. The van der Waals surface area contributed by atoms with Crippen LogP contribution in [0.3, 0.4) is 0 Å². The second kappa shape index (κ2) is 5.73. The zero-order chi connectivity index (χ0) is 14.9. The van der Waals surface area contributed by atoms with Crippen LogP contribution in [-0.4, -0.2) is 8.42 Å². The highest BCUT2D eigenvalue weighted by Crippen LogP contribution is 2.29. The predicted octanol–water partition coefficient (Wildman–Crippen LogP) is 3.33. The van der Waals surface area contributed by atoms with Gasteiger partial charge in [-0.2, -0.15) is 0 Å². The highest BCUT2D eigenvalue weighted by atomic mass is 35.5. The Labute approximate surface area is 127 Å². The molecule has 2 rings (SSSR count). The molecule has 0 amide bonds. The van der Waals surface area contributed by atoms with E-state index in [0.29, 0.717) is 9.90 Å². The van der Waals surface area contributed by atoms with Crippen LogP contribution in [0.1, 0.15) is 23.4 Å². The van der Waals surface area contributed by atoms with Gasteiger partial charge in [-0.05, 0) is 37.6 Å². The maximum atomic E-state index is 12.4. The second-order valence-electron chi connectivity index (χ2n) is 4.48. The quantitative estimate of drug-likeness (QED) is 0.844. The number of nitrogen functional groups attached to an aromatic ring is 1. The van der Waals surface area contributed by atoms with Gasteiger partial charge >= 0.3 is 0 Å². The maximum absolute atomic E-state index is 12.4. The van der Waals surface area contributed by atoms with E-state index in [2.05, 4.69) is 4.72 Å². The van der Waals surface area contributed by atoms with Crippen LogP contribution in [0, 0.1) is 6.92 Å². The monoisotopic (exact) mass is 330 g/mol. The Hall–Kier alpha value is -1.08. The van der Waals surface area contributed by atoms with Crippen molar-refractivity contribution in [1.82, 2.24) is 4.72 Å². The summed E-state index contributed by atoms with van der Waals surface area (Å²) < 4.78 is 28.1. The van der Waals surface area contributed by atoms with Crippen molar-refractivity contribution in [3.8, 4) is 0 Å². The van der Waals surface area contributed by atoms with Crippen molar-refractivity contribution in [2.75, 3.05) is 5.73 Å². The molecular formula is C13H15ClN2O2S2. The number of aryl methyl sites for hydroxylation is 1. The Kier molecular flexibility index (Phi) is 4.39. The number of anilines is 1. The van der Waals surface area contributed by atoms with E-state index in [-0.39, 0.29) is 16.6 Å². The van der Waals surface area contributed by atoms with Crippen molar-refractivity contribution in [2.45, 2.75) is 24.8 Å². The molecule has 1 aromatic carbocycles. The van der Waals surface area contributed by atoms with E-state index < -0.39 is 10.0 Å². The lowest BCUT2D eigenvalue weighted by Crippen LogP contribution is -2.27. The zero-order valence-corrected chi connectivity index (χ0v) is 13.4. The van der Waals surface area contributed by atoms with Gasteiger partial charge in [0.1, 0.15) is 4.90 Å². The van der Waals surface area contributed by atoms with Gasteiger partial charge in [0.25, 0.3) is 0 Å². The first-order valence-electron chi connectivity index (χ1n) is 5.94. The molecule has 0 spiro atoms. The molecule has 1 atom stereocenters. The molecule has 7 heteroatoms. The van der Waals surface area contributed by atoms with E-state index in [1.54, 1.807) is 44.2 Å². The Morgan fingerprint density at radius 2 is 2.00 bits per heavy atom. The van der Waals surface area contributed by atoms with Gasteiger partial charge in [-0.1, -0.05) is 23.7 Å². The first-order valence-corrected chi connectivity index (χ1v) is 8.61. The third-order valence-electron chi connectivity index (χ3n) is 2.86. The minimum atomic E-state index is -3.67. The molecule has 0 saturated heterocycles. The summed E-state index contributed by atoms with van der Waals surface area (Å²) in [7, 11) is -3.67. The number of sulfonamides is 1. The van der Waals surface area contributed by atoms with Gasteiger partial charge < -0.3 is 5.73 Å². The molecule has 1 aromatic heterocycles. The normalized spacial score (nSPS) is 13.3. The van der Waals surface area contributed by atoms with Gasteiger partial charge in [0, 0.05) is 4.88 Å². The van der Waals surface area contributed by atoms with Crippen LogP contribution < -0.4 is 10.5 Å². The minimum Gasteiger partial charge on any atom is -0.398 e. The molecule has 0 radical (unpaired) electrons. The molecule has 108 valence electrons. The molecule has 20 heavy (non-hydrogen) atoms. The molecule has 0 bridgehead atoms. The molecule has 4 nitrogen and oxygen atoms in total. The fourth-order valence-corrected chi connectivity index (χ4v) is 4.67. The lowest BCUT2D eigenvalue weighted by atomic mass is 10.2. The standard InChI is InChI=1S/C13H15ClN2O2S2/c1-8-4-3-5-10(15)13(8)20(17,18)16-9(2)11-6-7-12(14)19-11/h3-7,9,16H,15H2,1-2H3. The Morgan fingerprint density at radius 3 is 2.55 bits per heavy atom. The highest BCUT2D eigenvalue weighted by molar-refractivity contribution is 7.89. The van der Waals surface area contributed by atoms with Gasteiger partial charge in [-0.25, -0.2) is 13.1 Å². The average molecular weight is 331 g/mol. The number of rotatable bonds is 4. The number of halogens is 1. The van der Waals surface area contributed by atoms with E-state index in [0.717, 1.165) is 4.88 Å². The second-order valence-corrected chi connectivity index (χ2v) is 7.88. The highest BCUT2D eigenvalue weighted by Gasteiger charge is 2.23. The molecular weight excluding hydrogens is 316 g/mol. The number of hydrogen-bond donors (Lipinski definition) is 2. The van der Waals surface area contributed by atoms with Gasteiger partial charge in [-0.3, -0.25) is 0 Å². The van der Waals surface area contributed by atoms with Crippen LogP contribution in [-0.2, 0) is 10.0 Å². The van der Waals surface area contributed by atoms with Crippen LogP contribution in [0.15, 0.2) is 35.2 Å². The van der Waals surface area contributed by atoms with Gasteiger partial charge in [0.05, 0.1) is 16.1 Å². The van der Waals surface area contributed by atoms with Crippen LogP contribution in [0.25, 0.3) is 0 Å². The topological polar surface area (TPSA) is 72.2 Å². The molecule has 3 N–H and O–H groups in total. The van der Waals surface area contributed by atoms with Gasteiger partial charge in [0.15, 0.2) is 0 Å². The number of nitrogens with two attached hydrogens (primary N) is 1. The fraction of sp³-hybridized carbons (Fsp3) is 0.231. The van der Waals surface area contributed by atoms with Gasteiger partial charge in [-0.15, -0.1) is 11.3 Å². The van der Waals surface area contributed by atoms with E-state index in [9.17, 15) is 8.42 Å². The van der Waals surface area contributed by atoms with Crippen molar-refractivity contribution in [3.63, 3.8) is 0 Å². The number of nitrogens with one attached hydrogen (secondary N) is 1. The Morgan fingerprint density at radius 1 is 1.30 bits per heavy atom. The molecule has 0 aliphatic heterocycles. The fourth-order valence-electron chi connectivity index (χ4n) is 1.95. The predicted molar refractivity (Wildman–Crippen MR) is 83.7 cm³/mol.